The molecule has 2 heterocycles. The number of allylic oxidation sites excluding steroid dienone is 10. The highest BCUT2D eigenvalue weighted by Gasteiger charge is 2.47. The third-order valence-corrected chi connectivity index (χ3v) is 13.4. The summed E-state index contributed by atoms with van der Waals surface area (Å²) in [5, 5.41) is 72.2. The molecule has 2 fully saturated rings. The summed E-state index contributed by atoms with van der Waals surface area (Å²) in [5.41, 5.74) is 0. The molecule has 7 N–H and O–H groups in total. The van der Waals surface area contributed by atoms with Gasteiger partial charge in [-0.1, -0.05) is 171 Å². The van der Waals surface area contributed by atoms with Gasteiger partial charge < -0.3 is 64.2 Å². The summed E-state index contributed by atoms with van der Waals surface area (Å²) < 4.78 is 33.6. The van der Waals surface area contributed by atoms with Gasteiger partial charge in [0, 0.05) is 12.8 Å². The van der Waals surface area contributed by atoms with E-state index in [1.54, 1.807) is 0 Å². The fourth-order valence-corrected chi connectivity index (χ4v) is 8.71. The summed E-state index contributed by atoms with van der Waals surface area (Å²) in [7, 11) is 0. The summed E-state index contributed by atoms with van der Waals surface area (Å²) in [4.78, 5) is 25.8. The highest BCUT2D eigenvalue weighted by molar-refractivity contribution is 5.70. The van der Waals surface area contributed by atoms with Gasteiger partial charge in [0.05, 0.1) is 19.8 Å². The number of aliphatic hydroxyl groups is 7. The van der Waals surface area contributed by atoms with Crippen molar-refractivity contribution in [2.24, 2.45) is 0 Å². The lowest BCUT2D eigenvalue weighted by Crippen LogP contribution is -2.61. The molecule has 0 aromatic carbocycles. The number of rotatable bonds is 45. The number of unbranched alkanes of at least 4 members (excludes halogenated alkanes) is 21. The smallest absolute Gasteiger partial charge is 0.306 e. The first-order valence-electron chi connectivity index (χ1n) is 28.9. The second-order valence-electron chi connectivity index (χ2n) is 20.1. The molecule has 0 aromatic heterocycles. The van der Waals surface area contributed by atoms with Crippen molar-refractivity contribution in [3.05, 3.63) is 60.8 Å². The largest absolute Gasteiger partial charge is 0.462 e. The van der Waals surface area contributed by atoms with Crippen LogP contribution in [0.3, 0.4) is 0 Å². The fourth-order valence-electron chi connectivity index (χ4n) is 8.71. The summed E-state index contributed by atoms with van der Waals surface area (Å²) >= 11 is 0. The number of carbonyl (C=O) groups is 2. The van der Waals surface area contributed by atoms with Crippen LogP contribution >= 0.6 is 0 Å². The van der Waals surface area contributed by atoms with Gasteiger partial charge in [-0.15, -0.1) is 0 Å². The molecule has 2 aliphatic rings. The third kappa shape index (κ3) is 32.1. The molecule has 0 aromatic rings. The van der Waals surface area contributed by atoms with Crippen LogP contribution in [0, 0.1) is 0 Å². The van der Waals surface area contributed by atoms with Gasteiger partial charge in [0.1, 0.15) is 55.4 Å². The minimum absolute atomic E-state index is 0.106. The zero-order valence-corrected chi connectivity index (χ0v) is 45.6. The first kappa shape index (κ1) is 67.3. The molecule has 0 bridgehead atoms. The number of hydrogen-bond acceptors (Lipinski definition) is 15. The molecule has 74 heavy (non-hydrogen) atoms. The predicted octanol–water partition coefficient (Wildman–Crippen LogP) is 9.61. The van der Waals surface area contributed by atoms with Crippen LogP contribution in [0.2, 0.25) is 0 Å². The van der Waals surface area contributed by atoms with E-state index in [1.807, 2.05) is 0 Å². The Bertz CT molecular complexity index is 1520. The summed E-state index contributed by atoms with van der Waals surface area (Å²) in [6.45, 7) is 2.50. The van der Waals surface area contributed by atoms with Crippen molar-refractivity contribution in [2.75, 3.05) is 26.4 Å². The Morgan fingerprint density at radius 1 is 0.432 bits per heavy atom. The van der Waals surface area contributed by atoms with E-state index in [0.29, 0.717) is 19.3 Å². The Morgan fingerprint density at radius 2 is 0.838 bits per heavy atom. The van der Waals surface area contributed by atoms with Crippen molar-refractivity contribution in [1.29, 1.82) is 0 Å². The maximum Gasteiger partial charge on any atom is 0.306 e. The minimum Gasteiger partial charge on any atom is -0.462 e. The highest BCUT2D eigenvalue weighted by atomic mass is 16.7. The van der Waals surface area contributed by atoms with E-state index in [1.165, 1.54) is 109 Å². The van der Waals surface area contributed by atoms with Crippen molar-refractivity contribution >= 4 is 11.9 Å². The van der Waals surface area contributed by atoms with Gasteiger partial charge in [-0.25, -0.2) is 0 Å². The van der Waals surface area contributed by atoms with Crippen molar-refractivity contribution in [3.63, 3.8) is 0 Å². The van der Waals surface area contributed by atoms with Crippen LogP contribution in [0.1, 0.15) is 206 Å². The topological polar surface area (TPSA) is 231 Å². The average molecular weight is 1050 g/mol. The second-order valence-corrected chi connectivity index (χ2v) is 20.1. The minimum atomic E-state index is -1.78. The monoisotopic (exact) mass is 1050 g/mol. The molecule has 0 aliphatic carbocycles. The number of aliphatic hydroxyl groups excluding tert-OH is 7. The first-order chi connectivity index (χ1) is 36.0. The predicted molar refractivity (Wildman–Crippen MR) is 289 cm³/mol. The Hall–Kier alpha value is -2.80. The maximum absolute atomic E-state index is 13.0. The van der Waals surface area contributed by atoms with E-state index < -0.39 is 99.3 Å². The van der Waals surface area contributed by atoms with Crippen molar-refractivity contribution in [3.8, 4) is 0 Å². The molecule has 15 nitrogen and oxygen atoms in total. The lowest BCUT2D eigenvalue weighted by atomic mass is 9.98. The first-order valence-corrected chi connectivity index (χ1v) is 28.9. The number of esters is 2. The van der Waals surface area contributed by atoms with E-state index >= 15 is 0 Å². The SMILES string of the molecule is CCCCC/C=C/C/C=C/C/C=C/CCCCC(=O)O[C@@H](COC(=O)CCC/C=C/CC/C=C/CCCCCCCCCCCCCCCC)CO[C@@H]1O[C@H](CO[C@@H]2O[C@H](CO)[C@H](O)C(O)C2O)[C@H](O)C(O)C1O. The van der Waals surface area contributed by atoms with Crippen LogP contribution in [0.15, 0.2) is 60.8 Å². The normalized spacial score (nSPS) is 25.1. The van der Waals surface area contributed by atoms with Crippen molar-refractivity contribution in [1.82, 2.24) is 0 Å². The summed E-state index contributed by atoms with van der Waals surface area (Å²) in [5.74, 6) is -1.02. The van der Waals surface area contributed by atoms with Crippen LogP contribution in [-0.4, -0.2) is 142 Å². The van der Waals surface area contributed by atoms with E-state index in [0.717, 1.165) is 51.4 Å². The number of ether oxygens (including phenoxy) is 6. The lowest BCUT2D eigenvalue weighted by Gasteiger charge is -2.42. The van der Waals surface area contributed by atoms with Gasteiger partial charge in [0.15, 0.2) is 18.7 Å². The van der Waals surface area contributed by atoms with Crippen LogP contribution < -0.4 is 0 Å². The molecule has 0 spiro atoms. The zero-order chi connectivity index (χ0) is 53.9. The Kier molecular flexibility index (Phi) is 41.2. The Labute approximate surface area is 445 Å². The number of hydrogen-bond donors (Lipinski definition) is 7. The fraction of sp³-hybridized carbons (Fsp3) is 0.797. The van der Waals surface area contributed by atoms with Gasteiger partial charge in [-0.3, -0.25) is 9.59 Å². The van der Waals surface area contributed by atoms with Crippen LogP contribution in [0.5, 0.6) is 0 Å². The standard InChI is InChI=1S/C59H102O15/c1-3-5-7-9-11-13-15-17-19-20-21-22-23-24-25-26-28-29-31-33-35-37-39-41-50(61)69-44-47(72-51(62)42-40-38-36-34-32-30-27-18-16-14-12-10-8-6-4-2)45-70-58-57(68)55(66)53(64)49(74-58)46-71-59-56(67)54(65)52(63)48(43-60)73-59/h12,14,18,26-28,32-35,47-49,52-60,63-68H,3-11,13,15-17,19-25,29-31,36-46H2,1-2H3/b14-12+,27-18+,28-26+,34-32+,35-33+/t47-,48+,49+,52-,53-,54?,55?,56?,57?,58+,59+/m0/s1. The second kappa shape index (κ2) is 45.2. The summed E-state index contributed by atoms with van der Waals surface area (Å²) in [6, 6.07) is 0. The molecule has 4 unspecified atom stereocenters. The molecular formula is C59H102O15. The third-order valence-electron chi connectivity index (χ3n) is 13.4. The van der Waals surface area contributed by atoms with E-state index in [-0.39, 0.29) is 19.4 Å². The Morgan fingerprint density at radius 3 is 1.39 bits per heavy atom. The van der Waals surface area contributed by atoms with Gasteiger partial charge >= 0.3 is 11.9 Å². The van der Waals surface area contributed by atoms with E-state index in [2.05, 4.69) is 74.6 Å². The van der Waals surface area contributed by atoms with Gasteiger partial charge in [-0.2, -0.15) is 0 Å². The van der Waals surface area contributed by atoms with E-state index in [9.17, 15) is 45.3 Å². The highest BCUT2D eigenvalue weighted by Crippen LogP contribution is 2.26. The molecule has 0 saturated carbocycles. The molecule has 2 saturated heterocycles. The lowest BCUT2D eigenvalue weighted by molar-refractivity contribution is -0.332. The maximum atomic E-state index is 13.0. The van der Waals surface area contributed by atoms with Crippen LogP contribution in [-0.2, 0) is 38.0 Å². The molecular weight excluding hydrogens is 949 g/mol. The Balaban J connectivity index is 1.77. The van der Waals surface area contributed by atoms with Gasteiger partial charge in [0.25, 0.3) is 0 Å². The average Bonchev–Trinajstić information content (AvgIpc) is 3.39. The van der Waals surface area contributed by atoms with Gasteiger partial charge in [-0.05, 0) is 83.5 Å². The van der Waals surface area contributed by atoms with E-state index in [4.69, 9.17) is 28.4 Å². The molecule has 0 amide bonds. The van der Waals surface area contributed by atoms with Gasteiger partial charge in [0.2, 0.25) is 0 Å². The molecule has 15 heteroatoms. The van der Waals surface area contributed by atoms with Crippen LogP contribution in [0.25, 0.3) is 0 Å². The molecule has 0 radical (unpaired) electrons. The quantitative estimate of drug-likeness (QED) is 0.0171. The molecule has 2 aliphatic heterocycles. The zero-order valence-electron chi connectivity index (χ0n) is 45.6. The summed E-state index contributed by atoms with van der Waals surface area (Å²) in [6.07, 6.45) is 36.9. The molecule has 2 rings (SSSR count). The van der Waals surface area contributed by atoms with Crippen LogP contribution in [0.4, 0.5) is 0 Å². The molecule has 11 atom stereocenters. The van der Waals surface area contributed by atoms with Crippen molar-refractivity contribution in [2.45, 2.75) is 274 Å². The molecule has 428 valence electrons. The number of carbonyl (C=O) groups excluding carboxylic acids is 2. The van der Waals surface area contributed by atoms with Crippen molar-refractivity contribution < 1.29 is 73.8 Å².